The summed E-state index contributed by atoms with van der Waals surface area (Å²) in [6, 6.07) is 21.2. The van der Waals surface area contributed by atoms with Crippen molar-refractivity contribution in [2.45, 2.75) is 32.4 Å². The topological polar surface area (TPSA) is 25.2 Å². The number of hydrogen-bond donors (Lipinski definition) is 1. The normalized spacial score (nSPS) is 12.3. The van der Waals surface area contributed by atoms with E-state index in [2.05, 4.69) is 74.4 Å². The number of nitrogens with one attached hydrogen (secondary N) is 1. The van der Waals surface area contributed by atoms with Crippen molar-refractivity contribution in [3.63, 3.8) is 0 Å². The van der Waals surface area contributed by atoms with E-state index in [0.717, 1.165) is 45.4 Å². The van der Waals surface area contributed by atoms with E-state index in [0.29, 0.717) is 6.04 Å². The van der Waals surface area contributed by atoms with Crippen LogP contribution < -0.4 is 5.32 Å². The minimum absolute atomic E-state index is 0.438. The van der Waals surface area contributed by atoms with Gasteiger partial charge in [0.25, 0.3) is 0 Å². The monoisotopic (exact) mass is 461 g/mol. The third kappa shape index (κ3) is 5.30. The first-order valence-corrected chi connectivity index (χ1v) is 10.0. The van der Waals surface area contributed by atoms with E-state index in [1.807, 2.05) is 30.3 Å². The van der Waals surface area contributed by atoms with Crippen molar-refractivity contribution in [3.8, 4) is 11.3 Å². The first-order valence-electron chi connectivity index (χ1n) is 8.43. The van der Waals surface area contributed by atoms with E-state index in [1.54, 1.807) is 0 Å². The number of halogens is 2. The smallest absolute Gasteiger partial charge is 0.135 e. The van der Waals surface area contributed by atoms with Gasteiger partial charge in [-0.2, -0.15) is 0 Å². The second-order valence-corrected chi connectivity index (χ2v) is 7.97. The zero-order chi connectivity index (χ0) is 17.6. The Balaban J connectivity index is 1.53. The fourth-order valence-electron chi connectivity index (χ4n) is 2.71. The van der Waals surface area contributed by atoms with Crippen LogP contribution in [0.2, 0.25) is 0 Å². The summed E-state index contributed by atoms with van der Waals surface area (Å²) in [5.41, 5.74) is 2.45. The van der Waals surface area contributed by atoms with Gasteiger partial charge in [0.1, 0.15) is 11.5 Å². The van der Waals surface area contributed by atoms with Gasteiger partial charge in [-0.1, -0.05) is 46.3 Å². The molecule has 130 valence electrons. The number of furan rings is 1. The molecule has 3 aromatic rings. The maximum absolute atomic E-state index is 6.00. The molecule has 0 aliphatic heterocycles. The lowest BCUT2D eigenvalue weighted by molar-refractivity contribution is 0.449. The molecule has 0 fully saturated rings. The van der Waals surface area contributed by atoms with Gasteiger partial charge < -0.3 is 9.73 Å². The molecule has 2 nitrogen and oxygen atoms in total. The Bertz CT molecular complexity index is 814. The van der Waals surface area contributed by atoms with Crippen molar-refractivity contribution in [1.82, 2.24) is 5.32 Å². The summed E-state index contributed by atoms with van der Waals surface area (Å²) in [7, 11) is 0. The van der Waals surface area contributed by atoms with Gasteiger partial charge in [-0.05, 0) is 71.6 Å². The van der Waals surface area contributed by atoms with E-state index in [9.17, 15) is 0 Å². The molecule has 0 spiro atoms. The molecule has 0 aliphatic rings. The molecule has 1 aromatic heterocycles. The Morgan fingerprint density at radius 1 is 1.00 bits per heavy atom. The summed E-state index contributed by atoms with van der Waals surface area (Å²) >= 11 is 7.07. The number of hydrogen-bond acceptors (Lipinski definition) is 2. The number of rotatable bonds is 7. The lowest BCUT2D eigenvalue weighted by atomic mass is 10.1. The molecule has 0 bridgehead atoms. The summed E-state index contributed by atoms with van der Waals surface area (Å²) < 4.78 is 8.06. The van der Waals surface area contributed by atoms with Crippen LogP contribution in [0.25, 0.3) is 11.3 Å². The van der Waals surface area contributed by atoms with Crippen LogP contribution >= 0.6 is 31.9 Å². The van der Waals surface area contributed by atoms with Crippen LogP contribution in [0, 0.1) is 0 Å². The molecule has 0 radical (unpaired) electrons. The van der Waals surface area contributed by atoms with Crippen molar-refractivity contribution in [2.75, 3.05) is 0 Å². The van der Waals surface area contributed by atoms with Crippen molar-refractivity contribution in [1.29, 1.82) is 0 Å². The molecular formula is C21H21Br2NO. The van der Waals surface area contributed by atoms with Gasteiger partial charge in [0, 0.05) is 20.6 Å². The molecule has 0 saturated heterocycles. The Kier molecular flexibility index (Phi) is 6.51. The zero-order valence-corrected chi connectivity index (χ0v) is 17.3. The zero-order valence-electron chi connectivity index (χ0n) is 14.1. The second kappa shape index (κ2) is 8.84. The van der Waals surface area contributed by atoms with E-state index in [1.165, 1.54) is 5.56 Å². The van der Waals surface area contributed by atoms with E-state index >= 15 is 0 Å². The van der Waals surface area contributed by atoms with Crippen molar-refractivity contribution in [2.24, 2.45) is 0 Å². The van der Waals surface area contributed by atoms with Crippen LogP contribution in [0.15, 0.2) is 74.0 Å². The van der Waals surface area contributed by atoms with Crippen molar-refractivity contribution >= 4 is 31.9 Å². The van der Waals surface area contributed by atoms with Gasteiger partial charge in [-0.25, -0.2) is 0 Å². The lowest BCUT2D eigenvalue weighted by Crippen LogP contribution is -2.25. The van der Waals surface area contributed by atoms with Gasteiger partial charge in [0.2, 0.25) is 0 Å². The average Bonchev–Trinajstić information content (AvgIpc) is 3.08. The SMILES string of the molecule is C[C@@H](CCc1ccccc1)NCc1ccc(-c2ccc(Br)cc2Br)o1. The molecule has 0 amide bonds. The summed E-state index contributed by atoms with van der Waals surface area (Å²) in [5, 5.41) is 3.54. The van der Waals surface area contributed by atoms with Crippen LogP contribution in [-0.4, -0.2) is 6.04 Å². The Labute approximate surface area is 165 Å². The molecule has 2 aromatic carbocycles. The van der Waals surface area contributed by atoms with Gasteiger partial charge in [-0.15, -0.1) is 0 Å². The highest BCUT2D eigenvalue weighted by atomic mass is 79.9. The van der Waals surface area contributed by atoms with Crippen molar-refractivity contribution < 1.29 is 4.42 Å². The third-order valence-corrected chi connectivity index (χ3v) is 5.34. The highest BCUT2D eigenvalue weighted by Crippen LogP contribution is 2.31. The maximum atomic E-state index is 6.00. The highest BCUT2D eigenvalue weighted by Gasteiger charge is 2.10. The molecule has 4 heteroatoms. The molecule has 0 unspecified atom stereocenters. The van der Waals surface area contributed by atoms with Gasteiger partial charge in [0.15, 0.2) is 0 Å². The van der Waals surface area contributed by atoms with Crippen LogP contribution in [0.5, 0.6) is 0 Å². The summed E-state index contributed by atoms with van der Waals surface area (Å²) in [6.07, 6.45) is 2.19. The summed E-state index contributed by atoms with van der Waals surface area (Å²) in [6.45, 7) is 2.96. The quantitative estimate of drug-likeness (QED) is 0.428. The predicted octanol–water partition coefficient (Wildman–Crippen LogP) is 6.58. The van der Waals surface area contributed by atoms with Crippen molar-refractivity contribution in [3.05, 3.63) is 80.9 Å². The first-order chi connectivity index (χ1) is 12.1. The number of benzene rings is 2. The molecule has 25 heavy (non-hydrogen) atoms. The van der Waals surface area contributed by atoms with Gasteiger partial charge >= 0.3 is 0 Å². The van der Waals surface area contributed by atoms with E-state index in [4.69, 9.17) is 4.42 Å². The van der Waals surface area contributed by atoms with Crippen LogP contribution in [0.4, 0.5) is 0 Å². The second-order valence-electron chi connectivity index (χ2n) is 6.20. The highest BCUT2D eigenvalue weighted by molar-refractivity contribution is 9.11. The predicted molar refractivity (Wildman–Crippen MR) is 111 cm³/mol. The Hall–Kier alpha value is -1.36. The molecule has 0 saturated carbocycles. The fraction of sp³-hybridized carbons (Fsp3) is 0.238. The molecule has 0 aliphatic carbocycles. The molecule has 1 N–H and O–H groups in total. The minimum atomic E-state index is 0.438. The Morgan fingerprint density at radius 2 is 1.80 bits per heavy atom. The molecule has 1 atom stereocenters. The molecule has 3 rings (SSSR count). The molecule has 1 heterocycles. The number of aryl methyl sites for hydroxylation is 1. The van der Waals surface area contributed by atoms with Gasteiger partial charge in [-0.3, -0.25) is 0 Å². The Morgan fingerprint density at radius 3 is 2.56 bits per heavy atom. The fourth-order valence-corrected chi connectivity index (χ4v) is 3.95. The van der Waals surface area contributed by atoms with Crippen LogP contribution in [0.3, 0.4) is 0 Å². The summed E-state index contributed by atoms with van der Waals surface area (Å²) in [5.74, 6) is 1.84. The minimum Gasteiger partial charge on any atom is -0.460 e. The summed E-state index contributed by atoms with van der Waals surface area (Å²) in [4.78, 5) is 0. The first kappa shape index (κ1) is 18.4. The average molecular weight is 463 g/mol. The lowest BCUT2D eigenvalue weighted by Gasteiger charge is -2.12. The van der Waals surface area contributed by atoms with E-state index in [-0.39, 0.29) is 0 Å². The van der Waals surface area contributed by atoms with Gasteiger partial charge in [0.05, 0.1) is 6.54 Å². The van der Waals surface area contributed by atoms with E-state index < -0.39 is 0 Å². The van der Waals surface area contributed by atoms with Crippen LogP contribution in [0.1, 0.15) is 24.7 Å². The third-order valence-electron chi connectivity index (χ3n) is 4.19. The maximum Gasteiger partial charge on any atom is 0.135 e. The standard InChI is InChI=1S/C21H21Br2NO/c1-15(7-8-16-5-3-2-4-6-16)24-14-18-10-12-21(25-18)19-11-9-17(22)13-20(19)23/h2-6,9-13,15,24H,7-8,14H2,1H3/t15-/m0/s1. The van der Waals surface area contributed by atoms with Crippen LogP contribution in [-0.2, 0) is 13.0 Å². The largest absolute Gasteiger partial charge is 0.460 e. The molecular weight excluding hydrogens is 442 g/mol.